The number of amides is 1. The standard InChI is InChI=1S/C23H14BrN3O4S2/c24-14-6-8-15(9-7-14)31-20-17(21(28)26-10-2-1-5-19(26)25-20)12-18-22(29)27(23(32)33-18)13-16-4-3-11-30-16/h1-12H,13H2/b18-12-. The van der Waals surface area contributed by atoms with E-state index < -0.39 is 0 Å². The summed E-state index contributed by atoms with van der Waals surface area (Å²) in [7, 11) is 0. The topological polar surface area (TPSA) is 77.0 Å². The number of carbonyl (C=O) groups excluding carboxylic acids is 1. The van der Waals surface area contributed by atoms with Crippen LogP contribution in [0, 0.1) is 0 Å². The van der Waals surface area contributed by atoms with Crippen LogP contribution < -0.4 is 10.3 Å². The predicted molar refractivity (Wildman–Crippen MR) is 133 cm³/mol. The van der Waals surface area contributed by atoms with Crippen LogP contribution in [0.1, 0.15) is 11.3 Å². The second-order valence-electron chi connectivity index (χ2n) is 6.97. The second kappa shape index (κ2) is 8.97. The normalized spacial score (nSPS) is 15.1. The highest BCUT2D eigenvalue weighted by Crippen LogP contribution is 2.35. The molecule has 0 N–H and O–H groups in total. The monoisotopic (exact) mass is 539 g/mol. The fraction of sp³-hybridized carbons (Fsp3) is 0.0435. The minimum absolute atomic E-state index is 0.102. The molecule has 1 fully saturated rings. The number of furan rings is 1. The molecule has 5 rings (SSSR count). The van der Waals surface area contributed by atoms with Gasteiger partial charge in [0, 0.05) is 10.7 Å². The molecule has 7 nitrogen and oxygen atoms in total. The molecule has 1 aromatic carbocycles. The molecule has 33 heavy (non-hydrogen) atoms. The van der Waals surface area contributed by atoms with Gasteiger partial charge >= 0.3 is 0 Å². The lowest BCUT2D eigenvalue weighted by Gasteiger charge is -2.12. The summed E-state index contributed by atoms with van der Waals surface area (Å²) in [5.74, 6) is 0.906. The summed E-state index contributed by atoms with van der Waals surface area (Å²) in [6.07, 6.45) is 4.65. The maximum atomic E-state index is 13.3. The fourth-order valence-corrected chi connectivity index (χ4v) is 4.72. The van der Waals surface area contributed by atoms with Crippen LogP contribution in [-0.2, 0) is 11.3 Å². The Kier molecular flexibility index (Phi) is 5.88. The van der Waals surface area contributed by atoms with Gasteiger partial charge in [0.05, 0.1) is 17.7 Å². The van der Waals surface area contributed by atoms with Crippen LogP contribution in [0.2, 0.25) is 0 Å². The fourth-order valence-electron chi connectivity index (χ4n) is 3.22. The van der Waals surface area contributed by atoms with Gasteiger partial charge in [0.2, 0.25) is 5.88 Å². The predicted octanol–water partition coefficient (Wildman–Crippen LogP) is 5.24. The van der Waals surface area contributed by atoms with Gasteiger partial charge in [-0.1, -0.05) is 46.0 Å². The summed E-state index contributed by atoms with van der Waals surface area (Å²) in [5.41, 5.74) is 0.223. The summed E-state index contributed by atoms with van der Waals surface area (Å²) < 4.78 is 14.0. The number of pyridine rings is 1. The quantitative estimate of drug-likeness (QED) is 0.253. The molecule has 164 valence electrons. The number of thioether (sulfide) groups is 1. The molecular formula is C23H14BrN3O4S2. The van der Waals surface area contributed by atoms with E-state index >= 15 is 0 Å². The Morgan fingerprint density at radius 3 is 2.70 bits per heavy atom. The Morgan fingerprint density at radius 2 is 1.94 bits per heavy atom. The maximum Gasteiger partial charge on any atom is 0.269 e. The number of rotatable bonds is 5. The zero-order chi connectivity index (χ0) is 22.9. The number of nitrogens with zero attached hydrogens (tertiary/aromatic N) is 3. The van der Waals surface area contributed by atoms with Crippen molar-refractivity contribution in [1.82, 2.24) is 14.3 Å². The zero-order valence-corrected chi connectivity index (χ0v) is 20.0. The Morgan fingerprint density at radius 1 is 1.12 bits per heavy atom. The maximum absolute atomic E-state index is 13.3. The zero-order valence-electron chi connectivity index (χ0n) is 16.8. The lowest BCUT2D eigenvalue weighted by molar-refractivity contribution is -0.122. The van der Waals surface area contributed by atoms with E-state index in [9.17, 15) is 9.59 Å². The Hall–Kier alpha value is -3.21. The molecule has 0 bridgehead atoms. The average molecular weight is 540 g/mol. The number of fused-ring (bicyclic) bond motifs is 1. The summed E-state index contributed by atoms with van der Waals surface area (Å²) in [5, 5.41) is 0. The first-order valence-electron chi connectivity index (χ1n) is 9.72. The molecule has 0 atom stereocenters. The highest BCUT2D eigenvalue weighted by Gasteiger charge is 2.33. The molecule has 0 saturated carbocycles. The molecule has 3 aromatic heterocycles. The van der Waals surface area contributed by atoms with E-state index in [4.69, 9.17) is 21.4 Å². The summed E-state index contributed by atoms with van der Waals surface area (Å²) in [4.78, 5) is 32.6. The van der Waals surface area contributed by atoms with Crippen molar-refractivity contribution < 1.29 is 13.9 Å². The molecule has 1 aliphatic rings. The SMILES string of the molecule is O=C1/C(=C/c2c(Oc3ccc(Br)cc3)nc3ccccn3c2=O)SC(=S)N1Cc1ccco1. The van der Waals surface area contributed by atoms with Crippen molar-refractivity contribution in [2.24, 2.45) is 0 Å². The van der Waals surface area contributed by atoms with Gasteiger partial charge in [0.15, 0.2) is 0 Å². The van der Waals surface area contributed by atoms with Gasteiger partial charge in [0.1, 0.15) is 27.0 Å². The molecule has 1 saturated heterocycles. The Bertz CT molecular complexity index is 1460. The first kappa shape index (κ1) is 21.6. The third kappa shape index (κ3) is 4.37. The molecule has 10 heteroatoms. The molecule has 1 aliphatic heterocycles. The van der Waals surface area contributed by atoms with Crippen LogP contribution in [0.4, 0.5) is 0 Å². The molecule has 1 amide bonds. The van der Waals surface area contributed by atoms with Crippen LogP contribution >= 0.6 is 39.9 Å². The third-order valence-corrected chi connectivity index (χ3v) is 6.71. The van der Waals surface area contributed by atoms with Crippen LogP contribution in [0.25, 0.3) is 11.7 Å². The average Bonchev–Trinajstić information content (AvgIpc) is 3.42. The molecule has 0 unspecified atom stereocenters. The molecule has 0 spiro atoms. The van der Waals surface area contributed by atoms with Crippen LogP contribution in [0.5, 0.6) is 11.6 Å². The van der Waals surface area contributed by atoms with Crippen LogP contribution in [0.15, 0.2) is 85.6 Å². The molecule has 4 aromatic rings. The van der Waals surface area contributed by atoms with Gasteiger partial charge in [-0.25, -0.2) is 0 Å². The number of benzene rings is 1. The molecule has 4 heterocycles. The van der Waals surface area contributed by atoms with Crippen molar-refractivity contribution in [3.8, 4) is 11.6 Å². The minimum atomic E-state index is -0.357. The largest absolute Gasteiger partial charge is 0.467 e. The van der Waals surface area contributed by atoms with E-state index in [1.807, 2.05) is 12.1 Å². The molecular weight excluding hydrogens is 526 g/mol. The van der Waals surface area contributed by atoms with Gasteiger partial charge in [-0.15, -0.1) is 0 Å². The van der Waals surface area contributed by atoms with Crippen LogP contribution in [-0.4, -0.2) is 24.5 Å². The summed E-state index contributed by atoms with van der Waals surface area (Å²) >= 11 is 9.90. The number of hydrogen-bond donors (Lipinski definition) is 0. The van der Waals surface area contributed by atoms with Gasteiger partial charge in [-0.05, 0) is 54.6 Å². The molecule has 0 radical (unpaired) electrons. The van der Waals surface area contributed by atoms with Crippen molar-refractivity contribution in [3.63, 3.8) is 0 Å². The van der Waals surface area contributed by atoms with Crippen molar-refractivity contribution in [1.29, 1.82) is 0 Å². The first-order valence-corrected chi connectivity index (χ1v) is 11.7. The van der Waals surface area contributed by atoms with Crippen molar-refractivity contribution in [3.05, 3.63) is 98.1 Å². The van der Waals surface area contributed by atoms with Crippen molar-refractivity contribution in [2.45, 2.75) is 6.54 Å². The first-order chi connectivity index (χ1) is 16.0. The Labute approximate surface area is 205 Å². The van der Waals surface area contributed by atoms with E-state index in [0.717, 1.165) is 16.2 Å². The van der Waals surface area contributed by atoms with Gasteiger partial charge in [-0.3, -0.25) is 18.9 Å². The highest BCUT2D eigenvalue weighted by molar-refractivity contribution is 9.10. The van der Waals surface area contributed by atoms with E-state index in [1.165, 1.54) is 21.6 Å². The lowest BCUT2D eigenvalue weighted by Crippen LogP contribution is -2.27. The van der Waals surface area contributed by atoms with Crippen molar-refractivity contribution in [2.75, 3.05) is 0 Å². The van der Waals surface area contributed by atoms with Crippen LogP contribution in [0.3, 0.4) is 0 Å². The van der Waals surface area contributed by atoms with Gasteiger partial charge in [-0.2, -0.15) is 4.98 Å². The summed E-state index contributed by atoms with van der Waals surface area (Å²) in [6.45, 7) is 0.214. The van der Waals surface area contributed by atoms with Gasteiger partial charge in [0.25, 0.3) is 11.5 Å². The number of thiocarbonyl (C=S) groups is 1. The van der Waals surface area contributed by atoms with E-state index in [0.29, 0.717) is 26.4 Å². The second-order valence-corrected chi connectivity index (χ2v) is 9.56. The number of hydrogen-bond acceptors (Lipinski definition) is 7. The molecule has 0 aliphatic carbocycles. The lowest BCUT2D eigenvalue weighted by atomic mass is 10.2. The summed E-state index contributed by atoms with van der Waals surface area (Å²) in [6, 6.07) is 15.9. The van der Waals surface area contributed by atoms with Crippen molar-refractivity contribution >= 4 is 61.9 Å². The minimum Gasteiger partial charge on any atom is -0.467 e. The number of halogens is 1. The number of carbonyl (C=O) groups is 1. The Balaban J connectivity index is 1.57. The number of aromatic nitrogens is 2. The van der Waals surface area contributed by atoms with Gasteiger partial charge < -0.3 is 9.15 Å². The smallest absolute Gasteiger partial charge is 0.269 e. The van der Waals surface area contributed by atoms with E-state index in [1.54, 1.807) is 48.7 Å². The third-order valence-electron chi connectivity index (χ3n) is 4.81. The number of ether oxygens (including phenoxy) is 1. The van der Waals surface area contributed by atoms with E-state index in [2.05, 4.69) is 20.9 Å². The van der Waals surface area contributed by atoms with E-state index in [-0.39, 0.29) is 29.5 Å². The highest BCUT2D eigenvalue weighted by atomic mass is 79.9.